The van der Waals surface area contributed by atoms with E-state index in [9.17, 15) is 10.1 Å². The van der Waals surface area contributed by atoms with Crippen LogP contribution in [0.4, 0.5) is 5.00 Å². The van der Waals surface area contributed by atoms with Crippen molar-refractivity contribution in [3.05, 3.63) is 40.4 Å². The van der Waals surface area contributed by atoms with E-state index in [2.05, 4.69) is 52.3 Å². The molecule has 7 nitrogen and oxygen atoms in total. The summed E-state index contributed by atoms with van der Waals surface area (Å²) in [5, 5.41) is 20.8. The number of amides is 1. The molecule has 0 saturated heterocycles. The van der Waals surface area contributed by atoms with Gasteiger partial charge in [-0.25, -0.2) is 0 Å². The van der Waals surface area contributed by atoms with Gasteiger partial charge >= 0.3 is 0 Å². The predicted octanol–water partition coefficient (Wildman–Crippen LogP) is 5.07. The number of carbonyl (C=O) groups is 1. The van der Waals surface area contributed by atoms with E-state index in [0.717, 1.165) is 31.2 Å². The zero-order valence-corrected chi connectivity index (χ0v) is 20.1. The lowest BCUT2D eigenvalue weighted by Gasteiger charge is -2.36. The van der Waals surface area contributed by atoms with Crippen molar-refractivity contribution in [2.45, 2.75) is 51.6 Å². The van der Waals surface area contributed by atoms with E-state index < -0.39 is 0 Å². The molecular weight excluding hydrogens is 440 g/mol. The van der Waals surface area contributed by atoms with E-state index in [1.807, 2.05) is 18.2 Å². The second kappa shape index (κ2) is 9.43. The molecule has 0 radical (unpaired) electrons. The first-order valence-electron chi connectivity index (χ1n) is 10.7. The van der Waals surface area contributed by atoms with Gasteiger partial charge in [-0.05, 0) is 48.3 Å². The van der Waals surface area contributed by atoms with Gasteiger partial charge in [-0.2, -0.15) is 10.2 Å². The number of pyridine rings is 1. The summed E-state index contributed by atoms with van der Waals surface area (Å²) in [5.74, 6) is 1.16. The van der Waals surface area contributed by atoms with Crippen LogP contribution in [0.3, 0.4) is 0 Å². The molecule has 1 amide bonds. The average Bonchev–Trinajstić information content (AvgIpc) is 3.42. The van der Waals surface area contributed by atoms with Gasteiger partial charge in [-0.1, -0.05) is 45.0 Å². The van der Waals surface area contributed by atoms with Gasteiger partial charge in [-0.3, -0.25) is 14.9 Å². The van der Waals surface area contributed by atoms with E-state index in [0.29, 0.717) is 33.2 Å². The molecule has 0 unspecified atom stereocenters. The fourth-order valence-electron chi connectivity index (χ4n) is 3.97. The SMILES string of the molecule is CCC(C)(C)[C@H]1CCc2c(sc(NC(=O)CSc3n[nH]c(-c4ccccn4)n3)c2C#N)C1. The normalized spacial score (nSPS) is 15.8. The van der Waals surface area contributed by atoms with E-state index >= 15 is 0 Å². The van der Waals surface area contributed by atoms with Gasteiger partial charge in [0.2, 0.25) is 11.1 Å². The van der Waals surface area contributed by atoms with Crippen molar-refractivity contribution < 1.29 is 4.79 Å². The van der Waals surface area contributed by atoms with Crippen LogP contribution in [0.25, 0.3) is 11.5 Å². The van der Waals surface area contributed by atoms with Crippen LogP contribution in [0.5, 0.6) is 0 Å². The Morgan fingerprint density at radius 1 is 1.44 bits per heavy atom. The Morgan fingerprint density at radius 3 is 3.00 bits per heavy atom. The number of rotatable bonds is 7. The summed E-state index contributed by atoms with van der Waals surface area (Å²) in [5.41, 5.74) is 2.73. The number of nitrogens with zero attached hydrogens (tertiary/aromatic N) is 4. The highest BCUT2D eigenvalue weighted by atomic mass is 32.2. The first kappa shape index (κ1) is 22.5. The Hall–Kier alpha value is -2.70. The number of thiophene rings is 1. The summed E-state index contributed by atoms with van der Waals surface area (Å²) >= 11 is 2.81. The molecule has 3 aromatic heterocycles. The molecule has 166 valence electrons. The molecule has 1 aliphatic rings. The van der Waals surface area contributed by atoms with Crippen LogP contribution < -0.4 is 5.32 Å². The van der Waals surface area contributed by atoms with Crippen LogP contribution in [-0.4, -0.2) is 31.8 Å². The topological polar surface area (TPSA) is 107 Å². The number of nitrogens with one attached hydrogen (secondary N) is 2. The number of aromatic amines is 1. The number of thioether (sulfide) groups is 1. The van der Waals surface area contributed by atoms with Crippen LogP contribution >= 0.6 is 23.1 Å². The molecule has 0 bridgehead atoms. The number of anilines is 1. The van der Waals surface area contributed by atoms with Crippen LogP contribution in [-0.2, 0) is 17.6 Å². The molecular formula is C23H26N6OS2. The fourth-order valence-corrected chi connectivity index (χ4v) is 5.86. The van der Waals surface area contributed by atoms with Crippen molar-refractivity contribution in [3.8, 4) is 17.6 Å². The lowest BCUT2D eigenvalue weighted by Crippen LogP contribution is -2.28. The Labute approximate surface area is 196 Å². The van der Waals surface area contributed by atoms with Gasteiger partial charge in [0.05, 0.1) is 11.3 Å². The Balaban J connectivity index is 1.40. The number of hydrogen-bond acceptors (Lipinski definition) is 7. The first-order valence-corrected chi connectivity index (χ1v) is 12.5. The monoisotopic (exact) mass is 466 g/mol. The third-order valence-corrected chi connectivity index (χ3v) is 8.37. The van der Waals surface area contributed by atoms with Gasteiger partial charge in [0, 0.05) is 11.1 Å². The van der Waals surface area contributed by atoms with E-state index in [4.69, 9.17) is 0 Å². The molecule has 3 aromatic rings. The number of H-pyrrole nitrogens is 1. The van der Waals surface area contributed by atoms with E-state index in [1.54, 1.807) is 17.5 Å². The third kappa shape index (κ3) is 4.71. The summed E-state index contributed by atoms with van der Waals surface area (Å²) in [6, 6.07) is 7.88. The van der Waals surface area contributed by atoms with Crippen LogP contribution in [0, 0.1) is 22.7 Å². The minimum absolute atomic E-state index is 0.165. The molecule has 0 aromatic carbocycles. The Kier molecular flexibility index (Phi) is 6.63. The van der Waals surface area contributed by atoms with E-state index in [1.165, 1.54) is 16.6 Å². The fraction of sp³-hybridized carbons (Fsp3) is 0.435. The maximum Gasteiger partial charge on any atom is 0.235 e. The molecule has 32 heavy (non-hydrogen) atoms. The molecule has 0 aliphatic heterocycles. The van der Waals surface area contributed by atoms with Crippen molar-refractivity contribution in [2.24, 2.45) is 11.3 Å². The smallest absolute Gasteiger partial charge is 0.235 e. The summed E-state index contributed by atoms with van der Waals surface area (Å²) in [6.07, 6.45) is 5.80. The predicted molar refractivity (Wildman–Crippen MR) is 128 cm³/mol. The molecule has 9 heteroatoms. The highest BCUT2D eigenvalue weighted by Gasteiger charge is 2.34. The van der Waals surface area contributed by atoms with Gasteiger partial charge in [0.1, 0.15) is 16.8 Å². The minimum atomic E-state index is -0.167. The number of carbonyl (C=O) groups excluding carboxylic acids is 1. The quantitative estimate of drug-likeness (QED) is 0.471. The second-order valence-electron chi connectivity index (χ2n) is 8.62. The van der Waals surface area contributed by atoms with Crippen molar-refractivity contribution >= 4 is 34.0 Å². The van der Waals surface area contributed by atoms with Crippen molar-refractivity contribution in [1.82, 2.24) is 20.2 Å². The molecule has 0 saturated carbocycles. The maximum atomic E-state index is 12.6. The molecule has 1 atom stereocenters. The van der Waals surface area contributed by atoms with Crippen LogP contribution in [0.2, 0.25) is 0 Å². The summed E-state index contributed by atoms with van der Waals surface area (Å²) < 4.78 is 0. The summed E-state index contributed by atoms with van der Waals surface area (Å²) in [7, 11) is 0. The third-order valence-electron chi connectivity index (χ3n) is 6.35. The molecule has 3 heterocycles. The highest BCUT2D eigenvalue weighted by molar-refractivity contribution is 7.99. The van der Waals surface area contributed by atoms with Crippen molar-refractivity contribution in [2.75, 3.05) is 11.1 Å². The number of hydrogen-bond donors (Lipinski definition) is 2. The zero-order chi connectivity index (χ0) is 22.7. The number of nitriles is 1. The van der Waals surface area contributed by atoms with Gasteiger partial charge in [0.25, 0.3) is 0 Å². The largest absolute Gasteiger partial charge is 0.316 e. The highest BCUT2D eigenvalue weighted by Crippen LogP contribution is 2.45. The van der Waals surface area contributed by atoms with Crippen molar-refractivity contribution in [3.63, 3.8) is 0 Å². The second-order valence-corrected chi connectivity index (χ2v) is 10.7. The van der Waals surface area contributed by atoms with Gasteiger partial charge in [-0.15, -0.1) is 16.4 Å². The minimum Gasteiger partial charge on any atom is -0.316 e. The van der Waals surface area contributed by atoms with Crippen LogP contribution in [0.15, 0.2) is 29.6 Å². The van der Waals surface area contributed by atoms with Crippen molar-refractivity contribution in [1.29, 1.82) is 5.26 Å². The number of fused-ring (bicyclic) bond motifs is 1. The molecule has 0 spiro atoms. The zero-order valence-electron chi connectivity index (χ0n) is 18.4. The summed E-state index contributed by atoms with van der Waals surface area (Å²) in [4.78, 5) is 22.5. The summed E-state index contributed by atoms with van der Waals surface area (Å²) in [6.45, 7) is 6.88. The van der Waals surface area contributed by atoms with Crippen LogP contribution in [0.1, 0.15) is 49.6 Å². The maximum absolute atomic E-state index is 12.6. The molecule has 0 fully saturated rings. The molecule has 2 N–H and O–H groups in total. The van der Waals surface area contributed by atoms with E-state index in [-0.39, 0.29) is 17.1 Å². The lowest BCUT2D eigenvalue weighted by atomic mass is 9.69. The van der Waals surface area contributed by atoms with Gasteiger partial charge in [0.15, 0.2) is 5.82 Å². The molecule has 4 rings (SSSR count). The first-order chi connectivity index (χ1) is 15.4. The Bertz CT molecular complexity index is 1150. The average molecular weight is 467 g/mol. The standard InChI is InChI=1S/C23H26N6OS2/c1-4-23(2,3)14-8-9-15-16(12-24)21(32-18(15)11-14)26-19(30)13-31-22-27-20(28-29-22)17-7-5-6-10-25-17/h5-7,10,14H,4,8-9,11,13H2,1-3H3,(H,26,30)(H,27,28,29)/t14-/m0/s1. The molecule has 1 aliphatic carbocycles. The lowest BCUT2D eigenvalue weighted by molar-refractivity contribution is -0.113. The Morgan fingerprint density at radius 2 is 2.28 bits per heavy atom. The van der Waals surface area contributed by atoms with Gasteiger partial charge < -0.3 is 5.32 Å². The number of aromatic nitrogens is 4.